The van der Waals surface area contributed by atoms with Crippen LogP contribution in [0.15, 0.2) is 48.5 Å². The van der Waals surface area contributed by atoms with Gasteiger partial charge in [-0.2, -0.15) is 0 Å². The SMILES string of the molecule is CCOc1ccccc1N(CCCC(=O)Nc1ccccc1OC)S(C)(=O)=O. The van der Waals surface area contributed by atoms with E-state index in [4.69, 9.17) is 9.47 Å². The molecule has 1 N–H and O–H groups in total. The predicted molar refractivity (Wildman–Crippen MR) is 111 cm³/mol. The first kappa shape index (κ1) is 21.6. The van der Waals surface area contributed by atoms with Crippen LogP contribution < -0.4 is 19.1 Å². The van der Waals surface area contributed by atoms with Crippen molar-refractivity contribution >= 4 is 27.3 Å². The van der Waals surface area contributed by atoms with Gasteiger partial charge in [0.15, 0.2) is 0 Å². The second kappa shape index (κ2) is 9.98. The summed E-state index contributed by atoms with van der Waals surface area (Å²) >= 11 is 0. The van der Waals surface area contributed by atoms with Crippen molar-refractivity contribution in [3.63, 3.8) is 0 Å². The molecule has 7 nitrogen and oxygen atoms in total. The molecule has 0 saturated heterocycles. The Balaban J connectivity index is 2.04. The Labute approximate surface area is 166 Å². The van der Waals surface area contributed by atoms with Crippen molar-refractivity contribution in [1.82, 2.24) is 0 Å². The molecule has 0 radical (unpaired) electrons. The van der Waals surface area contributed by atoms with Gasteiger partial charge in [0.2, 0.25) is 15.9 Å². The van der Waals surface area contributed by atoms with Crippen LogP contribution in [-0.4, -0.2) is 40.8 Å². The standard InChI is InChI=1S/C20H26N2O5S/c1-4-27-19-13-8-6-11-17(19)22(28(3,24)25)15-9-14-20(23)21-16-10-5-7-12-18(16)26-2/h5-8,10-13H,4,9,14-15H2,1-3H3,(H,21,23). The summed E-state index contributed by atoms with van der Waals surface area (Å²) in [5.74, 6) is 0.851. The number of carbonyl (C=O) groups excluding carboxylic acids is 1. The number of nitrogens with one attached hydrogen (secondary N) is 1. The van der Waals surface area contributed by atoms with Crippen molar-refractivity contribution in [3.05, 3.63) is 48.5 Å². The molecule has 0 bridgehead atoms. The molecule has 0 spiro atoms. The van der Waals surface area contributed by atoms with Crippen molar-refractivity contribution in [3.8, 4) is 11.5 Å². The van der Waals surface area contributed by atoms with Crippen LogP contribution in [0.1, 0.15) is 19.8 Å². The van der Waals surface area contributed by atoms with Crippen molar-refractivity contribution in [2.45, 2.75) is 19.8 Å². The quantitative estimate of drug-likeness (QED) is 0.655. The summed E-state index contributed by atoms with van der Waals surface area (Å²) in [5.41, 5.74) is 1.05. The van der Waals surface area contributed by atoms with Gasteiger partial charge in [0.05, 0.1) is 31.3 Å². The molecule has 152 valence electrons. The average Bonchev–Trinajstić information content (AvgIpc) is 2.66. The van der Waals surface area contributed by atoms with E-state index in [1.54, 1.807) is 42.5 Å². The molecule has 0 aromatic heterocycles. The zero-order valence-corrected chi connectivity index (χ0v) is 17.2. The summed E-state index contributed by atoms with van der Waals surface area (Å²) < 4.78 is 36.6. The second-order valence-corrected chi connectivity index (χ2v) is 7.99. The Hall–Kier alpha value is -2.74. The van der Waals surface area contributed by atoms with E-state index in [0.717, 1.165) is 6.26 Å². The number of benzene rings is 2. The second-order valence-electron chi connectivity index (χ2n) is 6.09. The van der Waals surface area contributed by atoms with E-state index in [1.807, 2.05) is 13.0 Å². The summed E-state index contributed by atoms with van der Waals surface area (Å²) in [4.78, 5) is 12.3. The molecule has 0 aliphatic rings. The number of carbonyl (C=O) groups is 1. The van der Waals surface area contributed by atoms with E-state index in [0.29, 0.717) is 35.9 Å². The molecule has 28 heavy (non-hydrogen) atoms. The highest BCUT2D eigenvalue weighted by atomic mass is 32.2. The maximum Gasteiger partial charge on any atom is 0.232 e. The minimum absolute atomic E-state index is 0.168. The fourth-order valence-corrected chi connectivity index (χ4v) is 3.72. The molecule has 0 atom stereocenters. The van der Waals surface area contributed by atoms with E-state index in [9.17, 15) is 13.2 Å². The monoisotopic (exact) mass is 406 g/mol. The minimum atomic E-state index is -3.52. The first-order valence-electron chi connectivity index (χ1n) is 8.99. The summed E-state index contributed by atoms with van der Waals surface area (Å²) in [7, 11) is -1.99. The maximum atomic E-state index is 12.3. The van der Waals surface area contributed by atoms with E-state index in [-0.39, 0.29) is 18.9 Å². The van der Waals surface area contributed by atoms with Gasteiger partial charge in [0.25, 0.3) is 0 Å². The van der Waals surface area contributed by atoms with Gasteiger partial charge in [-0.05, 0) is 37.6 Å². The molecule has 0 saturated carbocycles. The lowest BCUT2D eigenvalue weighted by molar-refractivity contribution is -0.116. The van der Waals surface area contributed by atoms with Crippen LogP contribution >= 0.6 is 0 Å². The first-order chi connectivity index (χ1) is 13.4. The molecule has 0 unspecified atom stereocenters. The van der Waals surface area contributed by atoms with Crippen LogP contribution in [0.5, 0.6) is 11.5 Å². The number of hydrogen-bond acceptors (Lipinski definition) is 5. The first-order valence-corrected chi connectivity index (χ1v) is 10.8. The molecule has 8 heteroatoms. The highest BCUT2D eigenvalue weighted by molar-refractivity contribution is 7.92. The lowest BCUT2D eigenvalue weighted by Gasteiger charge is -2.24. The van der Waals surface area contributed by atoms with Gasteiger partial charge in [0, 0.05) is 13.0 Å². The van der Waals surface area contributed by atoms with E-state index in [2.05, 4.69) is 5.32 Å². The van der Waals surface area contributed by atoms with Gasteiger partial charge < -0.3 is 14.8 Å². The zero-order valence-electron chi connectivity index (χ0n) is 16.3. The molecule has 2 aromatic carbocycles. The molecule has 2 rings (SSSR count). The third kappa shape index (κ3) is 5.88. The molecule has 0 fully saturated rings. The number of nitrogens with zero attached hydrogens (tertiary/aromatic N) is 1. The summed E-state index contributed by atoms with van der Waals surface area (Å²) in [6.07, 6.45) is 1.67. The number of ether oxygens (including phenoxy) is 2. The third-order valence-electron chi connectivity index (χ3n) is 3.98. The normalized spacial score (nSPS) is 11.0. The number of amides is 1. The molecule has 1 amide bonds. The number of para-hydroxylation sites is 4. The lowest BCUT2D eigenvalue weighted by atomic mass is 10.2. The molecule has 0 aliphatic carbocycles. The van der Waals surface area contributed by atoms with Crippen LogP contribution in [-0.2, 0) is 14.8 Å². The lowest BCUT2D eigenvalue weighted by Crippen LogP contribution is -2.32. The van der Waals surface area contributed by atoms with E-state index in [1.165, 1.54) is 11.4 Å². The van der Waals surface area contributed by atoms with Crippen LogP contribution in [0.3, 0.4) is 0 Å². The Morgan fingerprint density at radius 3 is 2.36 bits per heavy atom. The molecule has 0 heterocycles. The third-order valence-corrected chi connectivity index (χ3v) is 5.16. The number of sulfonamides is 1. The fourth-order valence-electron chi connectivity index (χ4n) is 2.75. The van der Waals surface area contributed by atoms with Gasteiger partial charge in [-0.3, -0.25) is 9.10 Å². The Morgan fingerprint density at radius 2 is 1.71 bits per heavy atom. The van der Waals surface area contributed by atoms with Gasteiger partial charge in [-0.25, -0.2) is 8.42 Å². The number of anilines is 2. The minimum Gasteiger partial charge on any atom is -0.495 e. The van der Waals surface area contributed by atoms with E-state index < -0.39 is 10.0 Å². The van der Waals surface area contributed by atoms with Gasteiger partial charge in [0.1, 0.15) is 11.5 Å². The zero-order chi connectivity index (χ0) is 20.6. The summed E-state index contributed by atoms with van der Waals surface area (Å²) in [6.45, 7) is 2.43. The Bertz CT molecular complexity index is 899. The van der Waals surface area contributed by atoms with Gasteiger partial charge in [-0.15, -0.1) is 0 Å². The fraction of sp³-hybridized carbons (Fsp3) is 0.350. The van der Waals surface area contributed by atoms with Crippen molar-refractivity contribution in [2.75, 3.05) is 36.1 Å². The van der Waals surface area contributed by atoms with Gasteiger partial charge in [-0.1, -0.05) is 24.3 Å². The van der Waals surface area contributed by atoms with Crippen LogP contribution in [0.25, 0.3) is 0 Å². The largest absolute Gasteiger partial charge is 0.495 e. The van der Waals surface area contributed by atoms with Crippen LogP contribution in [0.2, 0.25) is 0 Å². The Morgan fingerprint density at radius 1 is 1.07 bits per heavy atom. The summed E-state index contributed by atoms with van der Waals surface area (Å²) in [6, 6.07) is 14.1. The number of methoxy groups -OCH3 is 1. The van der Waals surface area contributed by atoms with E-state index >= 15 is 0 Å². The topological polar surface area (TPSA) is 84.9 Å². The average molecular weight is 407 g/mol. The van der Waals surface area contributed by atoms with Crippen LogP contribution in [0.4, 0.5) is 11.4 Å². The molecule has 0 aliphatic heterocycles. The highest BCUT2D eigenvalue weighted by Gasteiger charge is 2.21. The van der Waals surface area contributed by atoms with Crippen LogP contribution in [0, 0.1) is 0 Å². The maximum absolute atomic E-state index is 12.3. The van der Waals surface area contributed by atoms with Gasteiger partial charge >= 0.3 is 0 Å². The molecular weight excluding hydrogens is 380 g/mol. The van der Waals surface area contributed by atoms with Crippen molar-refractivity contribution in [2.24, 2.45) is 0 Å². The molecular formula is C20H26N2O5S. The Kier molecular flexibility index (Phi) is 7.69. The smallest absolute Gasteiger partial charge is 0.232 e. The molecule has 2 aromatic rings. The number of rotatable bonds is 10. The van der Waals surface area contributed by atoms with Crippen molar-refractivity contribution in [1.29, 1.82) is 0 Å². The van der Waals surface area contributed by atoms with Crippen molar-refractivity contribution < 1.29 is 22.7 Å². The highest BCUT2D eigenvalue weighted by Crippen LogP contribution is 2.30. The predicted octanol–water partition coefficient (Wildman–Crippen LogP) is 3.28. The number of hydrogen-bond donors (Lipinski definition) is 1. The summed E-state index contributed by atoms with van der Waals surface area (Å²) in [5, 5.41) is 2.79.